The van der Waals surface area contributed by atoms with Gasteiger partial charge in [-0.25, -0.2) is 4.39 Å². The lowest BCUT2D eigenvalue weighted by atomic mass is 9.84. The minimum absolute atomic E-state index is 0.0678. The average Bonchev–Trinajstić information content (AvgIpc) is 2.44. The number of nitrogens with two attached hydrogens (primary N) is 1. The highest BCUT2D eigenvalue weighted by Gasteiger charge is 2.18. The van der Waals surface area contributed by atoms with E-state index in [0.717, 1.165) is 24.3 Å². The maximum atomic E-state index is 13.9. The van der Waals surface area contributed by atoms with E-state index in [9.17, 15) is 4.39 Å². The highest BCUT2D eigenvalue weighted by Crippen LogP contribution is 2.31. The van der Waals surface area contributed by atoms with Crippen molar-refractivity contribution in [2.45, 2.75) is 57.9 Å². The molecule has 1 aliphatic rings. The molecule has 1 fully saturated rings. The molecule has 1 aromatic rings. The smallest absolute Gasteiger partial charge is 0.128 e. The van der Waals surface area contributed by atoms with Crippen LogP contribution >= 0.6 is 0 Å². The Kier molecular flexibility index (Phi) is 5.34. The first-order chi connectivity index (χ1) is 9.20. The molecule has 3 heteroatoms. The second-order valence-electron chi connectivity index (χ2n) is 5.83. The SMILES string of the molecule is Cc1ccc(F)c(C(CCC2CCCCC2)NN)c1. The number of hydrogen-bond donors (Lipinski definition) is 2. The fourth-order valence-corrected chi connectivity index (χ4v) is 3.14. The third kappa shape index (κ3) is 4.02. The van der Waals surface area contributed by atoms with Gasteiger partial charge in [-0.1, -0.05) is 49.8 Å². The lowest BCUT2D eigenvalue weighted by molar-refractivity contribution is 0.313. The lowest BCUT2D eigenvalue weighted by Gasteiger charge is -2.24. The molecule has 2 rings (SSSR count). The molecule has 0 saturated heterocycles. The van der Waals surface area contributed by atoms with Crippen LogP contribution in [-0.2, 0) is 0 Å². The van der Waals surface area contributed by atoms with Gasteiger partial charge in [0.1, 0.15) is 5.82 Å². The van der Waals surface area contributed by atoms with Crippen molar-refractivity contribution in [3.8, 4) is 0 Å². The van der Waals surface area contributed by atoms with Crippen LogP contribution < -0.4 is 11.3 Å². The van der Waals surface area contributed by atoms with Crippen LogP contribution in [0.2, 0.25) is 0 Å². The predicted molar refractivity (Wildman–Crippen MR) is 77.0 cm³/mol. The molecular weight excluding hydrogens is 239 g/mol. The Labute approximate surface area is 115 Å². The van der Waals surface area contributed by atoms with Gasteiger partial charge in [-0.15, -0.1) is 0 Å². The zero-order valence-electron chi connectivity index (χ0n) is 11.8. The monoisotopic (exact) mass is 264 g/mol. The summed E-state index contributed by atoms with van der Waals surface area (Å²) in [5.41, 5.74) is 4.57. The van der Waals surface area contributed by atoms with Crippen LogP contribution in [0.25, 0.3) is 0 Å². The lowest BCUT2D eigenvalue weighted by Crippen LogP contribution is -2.29. The average molecular weight is 264 g/mol. The first kappa shape index (κ1) is 14.5. The summed E-state index contributed by atoms with van der Waals surface area (Å²) in [5, 5.41) is 0. The van der Waals surface area contributed by atoms with E-state index in [2.05, 4.69) is 5.43 Å². The first-order valence-corrected chi connectivity index (χ1v) is 7.43. The van der Waals surface area contributed by atoms with Crippen molar-refractivity contribution in [3.63, 3.8) is 0 Å². The number of aryl methyl sites for hydroxylation is 1. The van der Waals surface area contributed by atoms with Gasteiger partial charge >= 0.3 is 0 Å². The van der Waals surface area contributed by atoms with Crippen LogP contribution in [-0.4, -0.2) is 0 Å². The van der Waals surface area contributed by atoms with Crippen molar-refractivity contribution in [3.05, 3.63) is 35.1 Å². The van der Waals surface area contributed by atoms with E-state index in [0.29, 0.717) is 5.56 Å². The summed E-state index contributed by atoms with van der Waals surface area (Å²) in [6.07, 6.45) is 8.79. The van der Waals surface area contributed by atoms with Gasteiger partial charge in [0.25, 0.3) is 0 Å². The number of halogens is 1. The Hall–Kier alpha value is -0.930. The second-order valence-corrected chi connectivity index (χ2v) is 5.83. The van der Waals surface area contributed by atoms with E-state index in [-0.39, 0.29) is 11.9 Å². The van der Waals surface area contributed by atoms with E-state index in [1.54, 1.807) is 6.07 Å². The molecule has 2 nitrogen and oxygen atoms in total. The molecule has 3 N–H and O–H groups in total. The van der Waals surface area contributed by atoms with Gasteiger partial charge in [-0.05, 0) is 31.7 Å². The Morgan fingerprint density at radius 2 is 2.05 bits per heavy atom. The molecular formula is C16H25FN2. The maximum Gasteiger partial charge on any atom is 0.128 e. The molecule has 0 aromatic heterocycles. The molecule has 0 bridgehead atoms. The molecule has 1 aromatic carbocycles. The standard InChI is InChI=1S/C16H25FN2/c1-12-7-9-15(17)14(11-12)16(19-18)10-8-13-5-3-2-4-6-13/h7,9,11,13,16,19H,2-6,8,10,18H2,1H3. The normalized spacial score (nSPS) is 18.5. The number of hydrazine groups is 1. The summed E-state index contributed by atoms with van der Waals surface area (Å²) in [6.45, 7) is 1.98. The molecule has 0 aliphatic heterocycles. The minimum Gasteiger partial charge on any atom is -0.271 e. The Morgan fingerprint density at radius 1 is 1.32 bits per heavy atom. The minimum atomic E-state index is -0.155. The van der Waals surface area contributed by atoms with Gasteiger partial charge < -0.3 is 0 Å². The highest BCUT2D eigenvalue weighted by molar-refractivity contribution is 5.26. The fraction of sp³-hybridized carbons (Fsp3) is 0.625. The van der Waals surface area contributed by atoms with Crippen LogP contribution in [0.5, 0.6) is 0 Å². The van der Waals surface area contributed by atoms with Crippen molar-refractivity contribution in [2.75, 3.05) is 0 Å². The van der Waals surface area contributed by atoms with Crippen LogP contribution in [0.15, 0.2) is 18.2 Å². The summed E-state index contributed by atoms with van der Waals surface area (Å²) < 4.78 is 13.9. The third-order valence-corrected chi connectivity index (χ3v) is 4.32. The highest BCUT2D eigenvalue weighted by atomic mass is 19.1. The third-order valence-electron chi connectivity index (χ3n) is 4.32. The fourth-order valence-electron chi connectivity index (χ4n) is 3.14. The van der Waals surface area contributed by atoms with Crippen molar-refractivity contribution >= 4 is 0 Å². The summed E-state index contributed by atoms with van der Waals surface area (Å²) in [5.74, 6) is 6.27. The Balaban J connectivity index is 1.97. The van der Waals surface area contributed by atoms with Crippen molar-refractivity contribution in [1.29, 1.82) is 0 Å². The van der Waals surface area contributed by atoms with Crippen LogP contribution in [0.4, 0.5) is 4.39 Å². The molecule has 1 atom stereocenters. The molecule has 19 heavy (non-hydrogen) atoms. The van der Waals surface area contributed by atoms with Crippen LogP contribution in [0, 0.1) is 18.7 Å². The first-order valence-electron chi connectivity index (χ1n) is 7.43. The molecule has 1 aliphatic carbocycles. The molecule has 106 valence electrons. The molecule has 0 heterocycles. The van der Waals surface area contributed by atoms with Crippen LogP contribution in [0.3, 0.4) is 0 Å². The zero-order chi connectivity index (χ0) is 13.7. The van der Waals surface area contributed by atoms with E-state index >= 15 is 0 Å². The quantitative estimate of drug-likeness (QED) is 0.623. The van der Waals surface area contributed by atoms with Gasteiger partial charge in [-0.2, -0.15) is 0 Å². The maximum absolute atomic E-state index is 13.9. The largest absolute Gasteiger partial charge is 0.271 e. The summed E-state index contributed by atoms with van der Waals surface area (Å²) in [7, 11) is 0. The molecule has 1 unspecified atom stereocenters. The van der Waals surface area contributed by atoms with Gasteiger partial charge in [0.2, 0.25) is 0 Å². The van der Waals surface area contributed by atoms with E-state index in [1.807, 2.05) is 13.0 Å². The Morgan fingerprint density at radius 3 is 2.74 bits per heavy atom. The van der Waals surface area contributed by atoms with E-state index < -0.39 is 0 Å². The second kappa shape index (κ2) is 7.01. The predicted octanol–water partition coefficient (Wildman–Crippen LogP) is 4.00. The number of hydrogen-bond acceptors (Lipinski definition) is 2. The van der Waals surface area contributed by atoms with Crippen molar-refractivity contribution in [2.24, 2.45) is 11.8 Å². The zero-order valence-corrected chi connectivity index (χ0v) is 11.8. The van der Waals surface area contributed by atoms with E-state index in [4.69, 9.17) is 5.84 Å². The number of nitrogens with one attached hydrogen (secondary N) is 1. The molecule has 1 saturated carbocycles. The van der Waals surface area contributed by atoms with Gasteiger partial charge in [0.05, 0.1) is 0 Å². The summed E-state index contributed by atoms with van der Waals surface area (Å²) in [4.78, 5) is 0. The van der Waals surface area contributed by atoms with Crippen molar-refractivity contribution < 1.29 is 4.39 Å². The van der Waals surface area contributed by atoms with Gasteiger partial charge in [0, 0.05) is 11.6 Å². The van der Waals surface area contributed by atoms with E-state index in [1.165, 1.54) is 38.2 Å². The van der Waals surface area contributed by atoms with Crippen molar-refractivity contribution in [1.82, 2.24) is 5.43 Å². The topological polar surface area (TPSA) is 38.0 Å². The number of rotatable bonds is 5. The summed E-state index contributed by atoms with van der Waals surface area (Å²) in [6, 6.07) is 5.17. The van der Waals surface area contributed by atoms with Gasteiger partial charge in [-0.3, -0.25) is 11.3 Å². The Bertz CT molecular complexity index is 400. The number of benzene rings is 1. The summed E-state index contributed by atoms with van der Waals surface area (Å²) >= 11 is 0. The molecule has 0 amide bonds. The molecule has 0 spiro atoms. The van der Waals surface area contributed by atoms with Crippen LogP contribution in [0.1, 0.15) is 62.1 Å². The molecule has 0 radical (unpaired) electrons. The van der Waals surface area contributed by atoms with Gasteiger partial charge in [0.15, 0.2) is 0 Å².